The summed E-state index contributed by atoms with van der Waals surface area (Å²) in [6, 6.07) is 33.0. The van der Waals surface area contributed by atoms with Gasteiger partial charge < -0.3 is 59.7 Å². The number of nitrogens with one attached hydrogen (secondary N) is 3. The van der Waals surface area contributed by atoms with Crippen LogP contribution in [0.15, 0.2) is 143 Å². The van der Waals surface area contributed by atoms with Gasteiger partial charge in [-0.2, -0.15) is 5.26 Å². The van der Waals surface area contributed by atoms with Gasteiger partial charge in [-0.15, -0.1) is 0 Å². The van der Waals surface area contributed by atoms with E-state index in [2.05, 4.69) is 21.7 Å². The molecule has 6 unspecified atom stereocenters. The van der Waals surface area contributed by atoms with E-state index in [1.54, 1.807) is 123 Å². The monoisotopic (exact) mass is 1210 g/mol. The fraction of sp³-hybridized carbons (Fsp3) is 0.394. The second kappa shape index (κ2) is 29.1. The number of nitriles is 1. The van der Waals surface area contributed by atoms with Gasteiger partial charge in [0.1, 0.15) is 53.8 Å². The molecule has 8 rings (SSSR count). The Labute approximate surface area is 511 Å². The fourth-order valence-electron chi connectivity index (χ4n) is 11.8. The van der Waals surface area contributed by atoms with Crippen LogP contribution in [0.5, 0.6) is 23.0 Å². The van der Waals surface area contributed by atoms with Crippen LogP contribution in [0, 0.1) is 16.7 Å². The molecule has 86 heavy (non-hydrogen) atoms. The van der Waals surface area contributed by atoms with Crippen molar-refractivity contribution in [3.8, 4) is 29.1 Å². The normalized spacial score (nSPS) is 18.8. The van der Waals surface area contributed by atoms with Crippen molar-refractivity contribution in [2.75, 3.05) is 52.7 Å². The van der Waals surface area contributed by atoms with E-state index in [0.29, 0.717) is 52.9 Å². The largest absolute Gasteiger partial charge is 0.493 e. The summed E-state index contributed by atoms with van der Waals surface area (Å²) in [5.41, 5.74) is 0.728. The molecule has 1 aromatic heterocycles. The summed E-state index contributed by atoms with van der Waals surface area (Å²) >= 11 is 13.9. The number of carboxylic acid groups (broad SMARTS) is 2. The number of carbonyl (C=O) groups excluding carboxylic acids is 1. The number of hydrazine groups is 1. The second-order valence-electron chi connectivity index (χ2n) is 21.9. The third kappa shape index (κ3) is 13.9. The maximum atomic E-state index is 14.9. The first-order valence-electron chi connectivity index (χ1n) is 29.0. The number of esters is 1. The topological polar surface area (TPSA) is 248 Å². The van der Waals surface area contributed by atoms with Crippen molar-refractivity contribution < 1.29 is 58.5 Å². The number of rotatable bonds is 29. The third-order valence-corrected chi connectivity index (χ3v) is 16.6. The van der Waals surface area contributed by atoms with Crippen molar-refractivity contribution in [3.05, 3.63) is 164 Å². The van der Waals surface area contributed by atoms with Crippen molar-refractivity contribution >= 4 is 62.9 Å². The molecule has 0 spiro atoms. The van der Waals surface area contributed by atoms with Gasteiger partial charge in [0, 0.05) is 63.8 Å². The van der Waals surface area contributed by atoms with Crippen LogP contribution in [-0.2, 0) is 19.1 Å². The number of carbonyl (C=O) groups is 3. The lowest BCUT2D eigenvalue weighted by Gasteiger charge is -2.56. The number of aliphatic hydroxyl groups excluding tert-OH is 2. The number of benzene rings is 5. The lowest BCUT2D eigenvalue weighted by atomic mass is 9.60. The highest BCUT2D eigenvalue weighted by molar-refractivity contribution is 6.32. The van der Waals surface area contributed by atoms with Crippen LogP contribution >= 0.6 is 23.2 Å². The van der Waals surface area contributed by atoms with Crippen LogP contribution in [0.3, 0.4) is 0 Å². The molecule has 456 valence electrons. The number of para-hydroxylation sites is 1. The first-order chi connectivity index (χ1) is 41.3. The Morgan fingerprint density at radius 2 is 1.35 bits per heavy atom. The van der Waals surface area contributed by atoms with E-state index >= 15 is 0 Å². The van der Waals surface area contributed by atoms with Gasteiger partial charge >= 0.3 is 17.9 Å². The highest BCUT2D eigenvalue weighted by atomic mass is 35.5. The SMILES string of the molecule is CCCNCC(O)COc1ccc(OCCCOC(=O)C2=C(C)N(N3C(C)=C(C(=O)O)C(c4ccccc4Cl)C(CCCOc4ccc(OCC(O)CNC(C)C)c5c4[nH]c4ccccc45)(C(=O)O)C3C)C(C)=C(C#N)C2c2ccccc2Cl)cc1. The number of ether oxygens (including phenoxy) is 5. The molecular formula is C66H76Cl2N6O12. The Morgan fingerprint density at radius 3 is 2.00 bits per heavy atom. The number of fused-ring (bicyclic) bond motifs is 3. The molecule has 2 aliphatic rings. The molecular weight excluding hydrogens is 1140 g/mol. The molecule has 18 nitrogen and oxygen atoms in total. The van der Waals surface area contributed by atoms with Crippen molar-refractivity contribution in [1.82, 2.24) is 25.6 Å². The second-order valence-corrected chi connectivity index (χ2v) is 22.8. The summed E-state index contributed by atoms with van der Waals surface area (Å²) in [4.78, 5) is 47.2. The first kappa shape index (κ1) is 64.2. The summed E-state index contributed by atoms with van der Waals surface area (Å²) in [6.07, 6.45) is -0.280. The number of aromatic nitrogens is 1. The highest BCUT2D eigenvalue weighted by Gasteiger charge is 2.60. The zero-order valence-electron chi connectivity index (χ0n) is 49.5. The van der Waals surface area contributed by atoms with Crippen molar-refractivity contribution in [1.29, 1.82) is 5.26 Å². The number of H-pyrrole nitrogens is 1. The van der Waals surface area contributed by atoms with E-state index in [9.17, 15) is 40.1 Å². The van der Waals surface area contributed by atoms with Crippen LogP contribution in [-0.4, -0.2) is 130 Å². The number of halogens is 2. The Balaban J connectivity index is 1.11. The maximum Gasteiger partial charge on any atom is 0.336 e. The summed E-state index contributed by atoms with van der Waals surface area (Å²) < 4.78 is 30.5. The Bertz CT molecular complexity index is 3540. The van der Waals surface area contributed by atoms with Crippen molar-refractivity contribution in [3.63, 3.8) is 0 Å². The minimum atomic E-state index is -1.99. The van der Waals surface area contributed by atoms with E-state index < -0.39 is 53.4 Å². The van der Waals surface area contributed by atoms with Gasteiger partial charge in [-0.3, -0.25) is 14.8 Å². The van der Waals surface area contributed by atoms with E-state index in [-0.39, 0.29) is 102 Å². The van der Waals surface area contributed by atoms with E-state index in [0.717, 1.165) is 29.3 Å². The molecule has 0 aliphatic carbocycles. The molecule has 0 fully saturated rings. The zero-order valence-corrected chi connectivity index (χ0v) is 51.0. The molecule has 20 heteroatoms. The van der Waals surface area contributed by atoms with E-state index in [4.69, 9.17) is 46.9 Å². The molecule has 0 saturated carbocycles. The van der Waals surface area contributed by atoms with Gasteiger partial charge in [0.05, 0.1) is 71.2 Å². The highest BCUT2D eigenvalue weighted by Crippen LogP contribution is 2.57. The number of hydrogen-bond acceptors (Lipinski definition) is 15. The van der Waals surface area contributed by atoms with Gasteiger partial charge in [-0.1, -0.05) is 98.6 Å². The number of allylic oxidation sites excluding steroid dienone is 4. The van der Waals surface area contributed by atoms with Crippen LogP contribution in [0.4, 0.5) is 0 Å². The number of hydrogen-bond donors (Lipinski definition) is 7. The van der Waals surface area contributed by atoms with Crippen molar-refractivity contribution in [2.45, 2.75) is 110 Å². The van der Waals surface area contributed by atoms with Gasteiger partial charge in [0.15, 0.2) is 0 Å². The predicted molar refractivity (Wildman–Crippen MR) is 330 cm³/mol. The predicted octanol–water partition coefficient (Wildman–Crippen LogP) is 11.3. The van der Waals surface area contributed by atoms with Gasteiger partial charge in [-0.05, 0) is 119 Å². The Morgan fingerprint density at radius 1 is 0.733 bits per heavy atom. The summed E-state index contributed by atoms with van der Waals surface area (Å²) in [7, 11) is 0. The quantitative estimate of drug-likeness (QED) is 0.0170. The average molecular weight is 1220 g/mol. The van der Waals surface area contributed by atoms with E-state index in [1.165, 1.54) is 0 Å². The van der Waals surface area contributed by atoms with E-state index in [1.807, 2.05) is 45.0 Å². The number of carboxylic acids is 2. The van der Waals surface area contributed by atoms with Gasteiger partial charge in [0.25, 0.3) is 0 Å². The maximum absolute atomic E-state index is 14.9. The van der Waals surface area contributed by atoms with Crippen molar-refractivity contribution in [2.24, 2.45) is 5.41 Å². The molecule has 0 saturated heterocycles. The van der Waals surface area contributed by atoms with Crippen LogP contribution < -0.4 is 29.6 Å². The lowest BCUT2D eigenvalue weighted by Crippen LogP contribution is -2.62. The first-order valence-corrected chi connectivity index (χ1v) is 29.8. The van der Waals surface area contributed by atoms with Crippen LogP contribution in [0.1, 0.15) is 97.1 Å². The fourth-order valence-corrected chi connectivity index (χ4v) is 12.3. The summed E-state index contributed by atoms with van der Waals surface area (Å²) in [6.45, 7) is 14.4. The minimum Gasteiger partial charge on any atom is -0.493 e. The smallest absolute Gasteiger partial charge is 0.336 e. The molecule has 6 atom stereocenters. The molecule has 7 N–H and O–H groups in total. The summed E-state index contributed by atoms with van der Waals surface area (Å²) in [5, 5.41) is 67.2. The molecule has 0 radical (unpaired) electrons. The number of aromatic amines is 1. The van der Waals surface area contributed by atoms with Crippen LogP contribution in [0.25, 0.3) is 21.8 Å². The average Bonchev–Trinajstić information content (AvgIpc) is 0.871. The molecule has 3 heterocycles. The number of nitrogens with zero attached hydrogens (tertiary/aromatic N) is 3. The molecule has 0 amide bonds. The van der Waals surface area contributed by atoms with Crippen LogP contribution in [0.2, 0.25) is 10.0 Å². The molecule has 0 bridgehead atoms. The number of aliphatic carboxylic acids is 2. The molecule has 2 aliphatic heterocycles. The van der Waals surface area contributed by atoms with Gasteiger partial charge in [0.2, 0.25) is 0 Å². The standard InChI is InChI=1S/C66H76Cl2N6O12/c1-8-30-70-35-44(75)37-85-47-25-23-46(24-26-47)82-32-16-33-84-64(79)57-41(5)73(40(4)51(34-69)59(57)48-17-9-12-20-52(48)67)74-42(6)58(63(77)78)61(49-18-10-13-21-53(49)68)66(43(74)7,65(80)81)29-15-31-83-56-28-27-55(86-38-45(76)36-71-39(2)3)60-50-19-11-14-22-54(50)72-62(56)60/h9-14,17-28,39,43-45,59,61,70-72,75-76H,8,15-16,29-33,35-38H2,1-7H3,(H,77,78)(H,80,81). The molecule has 6 aromatic rings. The van der Waals surface area contributed by atoms with Gasteiger partial charge in [-0.25, -0.2) is 9.59 Å². The molecule has 5 aromatic carbocycles. The lowest BCUT2D eigenvalue weighted by molar-refractivity contribution is -0.163. The third-order valence-electron chi connectivity index (χ3n) is 15.9. The Kier molecular flexibility index (Phi) is 21.7. The zero-order chi connectivity index (χ0) is 61.8. The summed E-state index contributed by atoms with van der Waals surface area (Å²) in [5.74, 6) is -3.80. The Hall–Kier alpha value is -7.76. The number of aliphatic hydroxyl groups is 2. The minimum absolute atomic E-state index is 0.0163.